The highest BCUT2D eigenvalue weighted by atomic mass is 16.5. The van der Waals surface area contributed by atoms with E-state index in [0.717, 1.165) is 33.6 Å². The molecule has 0 aliphatic heterocycles. The second-order valence-corrected chi connectivity index (χ2v) is 7.42. The molecular weight excluding hydrogens is 364 g/mol. The van der Waals surface area contributed by atoms with E-state index in [-0.39, 0.29) is 17.2 Å². The van der Waals surface area contributed by atoms with Crippen molar-refractivity contribution in [1.82, 2.24) is 9.97 Å². The number of hydrogen-bond acceptors (Lipinski definition) is 5. The Morgan fingerprint density at radius 2 is 1.45 bits per heavy atom. The third-order valence-corrected chi connectivity index (χ3v) is 4.93. The number of aromatic nitrogens is 2. The molecule has 0 atom stereocenters. The zero-order valence-electron chi connectivity index (χ0n) is 17.2. The lowest BCUT2D eigenvalue weighted by Crippen LogP contribution is -2.09. The summed E-state index contributed by atoms with van der Waals surface area (Å²) in [6.07, 6.45) is 0. The fraction of sp³-hybridized carbons (Fsp3) is 0.208. The maximum atomic E-state index is 13.4. The van der Waals surface area contributed by atoms with E-state index in [1.807, 2.05) is 77.1 Å². The van der Waals surface area contributed by atoms with E-state index in [4.69, 9.17) is 9.15 Å². The fourth-order valence-electron chi connectivity index (χ4n) is 3.25. The molecule has 4 aromatic rings. The number of nitrogens with zero attached hydrogens (tertiary/aromatic N) is 2. The topological polar surface area (TPSA) is 65.2 Å². The smallest absolute Gasteiger partial charge is 0.322 e. The largest absolute Gasteiger partial charge is 0.452 e. The van der Waals surface area contributed by atoms with Crippen LogP contribution in [0.4, 0.5) is 0 Å². The molecule has 0 amide bonds. The number of hydrogen-bond donors (Lipinski definition) is 0. The third kappa shape index (κ3) is 3.63. The Kier molecular flexibility index (Phi) is 4.66. The highest BCUT2D eigenvalue weighted by molar-refractivity contribution is 5.83. The van der Waals surface area contributed by atoms with Crippen LogP contribution in [0.25, 0.3) is 22.3 Å². The van der Waals surface area contributed by atoms with Crippen LogP contribution in [0.5, 0.6) is 11.8 Å². The third-order valence-electron chi connectivity index (χ3n) is 4.93. The van der Waals surface area contributed by atoms with Gasteiger partial charge in [-0.1, -0.05) is 29.8 Å². The van der Waals surface area contributed by atoms with Crippen molar-refractivity contribution >= 4 is 11.0 Å². The molecule has 2 aromatic carbocycles. The van der Waals surface area contributed by atoms with Crippen molar-refractivity contribution < 1.29 is 9.15 Å². The highest BCUT2D eigenvalue weighted by Crippen LogP contribution is 2.33. The average Bonchev–Trinajstić information content (AvgIpc) is 2.66. The van der Waals surface area contributed by atoms with Crippen molar-refractivity contribution in [1.29, 1.82) is 0 Å². The van der Waals surface area contributed by atoms with Crippen LogP contribution in [0.3, 0.4) is 0 Å². The monoisotopic (exact) mass is 386 g/mol. The molecule has 0 fully saturated rings. The fourth-order valence-corrected chi connectivity index (χ4v) is 3.25. The molecule has 0 aliphatic carbocycles. The Morgan fingerprint density at radius 3 is 2.10 bits per heavy atom. The minimum Gasteiger partial charge on any atom is -0.452 e. The van der Waals surface area contributed by atoms with Crippen molar-refractivity contribution in [3.05, 3.63) is 80.8 Å². The summed E-state index contributed by atoms with van der Waals surface area (Å²) in [5.41, 5.74) is 5.76. The van der Waals surface area contributed by atoms with Crippen LogP contribution < -0.4 is 10.2 Å². The van der Waals surface area contributed by atoms with Crippen LogP contribution in [0.2, 0.25) is 0 Å². The molecule has 0 saturated carbocycles. The molecule has 0 saturated heterocycles. The molecule has 0 spiro atoms. The van der Waals surface area contributed by atoms with E-state index >= 15 is 0 Å². The Hall–Kier alpha value is -3.47. The zero-order valence-corrected chi connectivity index (χ0v) is 17.2. The van der Waals surface area contributed by atoms with E-state index in [0.29, 0.717) is 16.7 Å². The van der Waals surface area contributed by atoms with Gasteiger partial charge in [0.15, 0.2) is 5.76 Å². The second kappa shape index (κ2) is 7.17. The summed E-state index contributed by atoms with van der Waals surface area (Å²) in [4.78, 5) is 22.0. The number of fused-ring (bicyclic) bond motifs is 1. The van der Waals surface area contributed by atoms with Gasteiger partial charge in [-0.05, 0) is 63.9 Å². The first-order valence-electron chi connectivity index (χ1n) is 9.47. The molecule has 5 heteroatoms. The van der Waals surface area contributed by atoms with Crippen LogP contribution in [-0.4, -0.2) is 9.97 Å². The number of ether oxygens (including phenoxy) is 1. The Morgan fingerprint density at radius 1 is 0.828 bits per heavy atom. The SMILES string of the molecule is Cc1ccc(-c2oc3cc(C)c(C)cc3c(=O)c2Oc2nc(C)cc(C)n2)cc1. The van der Waals surface area contributed by atoms with Crippen LogP contribution in [-0.2, 0) is 0 Å². The molecule has 0 bridgehead atoms. The summed E-state index contributed by atoms with van der Waals surface area (Å²) < 4.78 is 12.1. The lowest BCUT2D eigenvalue weighted by atomic mass is 10.0. The van der Waals surface area contributed by atoms with Gasteiger partial charge in [0.05, 0.1) is 5.39 Å². The molecule has 5 nitrogen and oxygen atoms in total. The first-order valence-corrected chi connectivity index (χ1v) is 9.47. The quantitative estimate of drug-likeness (QED) is 0.459. The maximum Gasteiger partial charge on any atom is 0.322 e. The molecule has 0 aliphatic rings. The minimum atomic E-state index is -0.243. The molecule has 2 heterocycles. The standard InChI is InChI=1S/C24H22N2O3/c1-13-6-8-18(9-7-13)22-23(29-24-25-16(4)12-17(5)26-24)21(27)19-10-14(2)15(3)11-20(19)28-22/h6-12H,1-5H3. The van der Waals surface area contributed by atoms with Gasteiger partial charge in [-0.3, -0.25) is 4.79 Å². The maximum absolute atomic E-state index is 13.4. The van der Waals surface area contributed by atoms with Crippen LogP contribution in [0, 0.1) is 34.6 Å². The number of aryl methyl sites for hydroxylation is 5. The Balaban J connectivity index is 2.00. The summed E-state index contributed by atoms with van der Waals surface area (Å²) in [6.45, 7) is 9.69. The van der Waals surface area contributed by atoms with Gasteiger partial charge in [-0.15, -0.1) is 0 Å². The first-order chi connectivity index (χ1) is 13.8. The van der Waals surface area contributed by atoms with Gasteiger partial charge in [0, 0.05) is 17.0 Å². The summed E-state index contributed by atoms with van der Waals surface area (Å²) in [5.74, 6) is 0.461. The van der Waals surface area contributed by atoms with E-state index in [1.165, 1.54) is 0 Å². The van der Waals surface area contributed by atoms with E-state index in [1.54, 1.807) is 0 Å². The molecule has 2 aromatic heterocycles. The molecular formula is C24H22N2O3. The van der Waals surface area contributed by atoms with Crippen molar-refractivity contribution in [2.45, 2.75) is 34.6 Å². The van der Waals surface area contributed by atoms with Crippen molar-refractivity contribution in [2.24, 2.45) is 0 Å². The van der Waals surface area contributed by atoms with Crippen LogP contribution in [0.15, 0.2) is 51.7 Å². The van der Waals surface area contributed by atoms with Gasteiger partial charge in [-0.25, -0.2) is 9.97 Å². The Bertz CT molecular complexity index is 1270. The van der Waals surface area contributed by atoms with Gasteiger partial charge in [0.2, 0.25) is 11.2 Å². The molecule has 29 heavy (non-hydrogen) atoms. The summed E-state index contributed by atoms with van der Waals surface area (Å²) in [7, 11) is 0. The number of rotatable bonds is 3. The minimum absolute atomic E-state index is 0.0922. The van der Waals surface area contributed by atoms with Gasteiger partial charge in [-0.2, -0.15) is 0 Å². The average molecular weight is 386 g/mol. The van der Waals surface area contributed by atoms with Crippen LogP contribution in [0.1, 0.15) is 28.1 Å². The highest BCUT2D eigenvalue weighted by Gasteiger charge is 2.20. The van der Waals surface area contributed by atoms with Crippen molar-refractivity contribution in [3.63, 3.8) is 0 Å². The number of benzene rings is 2. The second-order valence-electron chi connectivity index (χ2n) is 7.42. The summed E-state index contributed by atoms with van der Waals surface area (Å²) >= 11 is 0. The molecule has 4 rings (SSSR count). The first kappa shape index (κ1) is 18.9. The van der Waals surface area contributed by atoms with Gasteiger partial charge in [0.25, 0.3) is 0 Å². The normalized spacial score (nSPS) is 11.1. The lowest BCUT2D eigenvalue weighted by molar-refractivity contribution is 0.421. The van der Waals surface area contributed by atoms with Gasteiger partial charge >= 0.3 is 6.01 Å². The summed E-state index contributed by atoms with van der Waals surface area (Å²) in [6, 6.07) is 13.5. The van der Waals surface area contributed by atoms with Crippen LogP contribution >= 0.6 is 0 Å². The van der Waals surface area contributed by atoms with E-state index in [9.17, 15) is 4.79 Å². The molecule has 0 N–H and O–H groups in total. The zero-order chi connectivity index (χ0) is 20.7. The van der Waals surface area contributed by atoms with Gasteiger partial charge in [0.1, 0.15) is 5.58 Å². The van der Waals surface area contributed by atoms with Gasteiger partial charge < -0.3 is 9.15 Å². The Labute approximate surface area is 169 Å². The summed E-state index contributed by atoms with van der Waals surface area (Å²) in [5, 5.41) is 0.475. The van der Waals surface area contributed by atoms with E-state index < -0.39 is 0 Å². The predicted molar refractivity (Wildman–Crippen MR) is 114 cm³/mol. The van der Waals surface area contributed by atoms with E-state index in [2.05, 4.69) is 9.97 Å². The van der Waals surface area contributed by atoms with Crippen molar-refractivity contribution in [3.8, 4) is 23.1 Å². The predicted octanol–water partition coefficient (Wildman–Crippen LogP) is 5.58. The van der Waals surface area contributed by atoms with Crippen molar-refractivity contribution in [2.75, 3.05) is 0 Å². The molecule has 146 valence electrons. The lowest BCUT2D eigenvalue weighted by Gasteiger charge is -2.12. The molecule has 0 radical (unpaired) electrons. The molecule has 0 unspecified atom stereocenters.